The van der Waals surface area contributed by atoms with Gasteiger partial charge in [0.25, 0.3) is 0 Å². The first-order valence-electron chi connectivity index (χ1n) is 6.66. The van der Waals surface area contributed by atoms with Crippen LogP contribution in [0, 0.1) is 6.92 Å². The summed E-state index contributed by atoms with van der Waals surface area (Å²) in [5.41, 5.74) is 10.4. The average Bonchev–Trinajstić information content (AvgIpc) is 2.75. The normalized spacial score (nSPS) is 22.8. The minimum Gasteiger partial charge on any atom is -0.323 e. The number of nitrogens with two attached hydrogens (primary N) is 1. The predicted octanol–water partition coefficient (Wildman–Crippen LogP) is 3.95. The molecule has 1 aromatic carbocycles. The second-order valence-corrected chi connectivity index (χ2v) is 7.37. The van der Waals surface area contributed by atoms with Crippen LogP contribution in [0.2, 0.25) is 0 Å². The maximum Gasteiger partial charge on any atom is 0.150 e. The van der Waals surface area contributed by atoms with Gasteiger partial charge in [0.1, 0.15) is 4.34 Å². The zero-order valence-electron chi connectivity index (χ0n) is 11.0. The maximum atomic E-state index is 6.50. The Balaban J connectivity index is 1.83. The Morgan fingerprint density at radius 2 is 2.21 bits per heavy atom. The Morgan fingerprint density at radius 3 is 3.00 bits per heavy atom. The molecule has 0 saturated heterocycles. The highest BCUT2D eigenvalue weighted by atomic mass is 32.2. The summed E-state index contributed by atoms with van der Waals surface area (Å²) in [6, 6.07) is 8.73. The molecular formula is C15H18N2S2. The van der Waals surface area contributed by atoms with Gasteiger partial charge in [-0.15, -0.1) is 11.3 Å². The molecule has 1 heterocycles. The molecule has 0 bridgehead atoms. The molecule has 0 spiro atoms. The largest absolute Gasteiger partial charge is 0.323 e. The van der Waals surface area contributed by atoms with Gasteiger partial charge in [-0.05, 0) is 37.3 Å². The molecule has 0 amide bonds. The zero-order valence-corrected chi connectivity index (χ0v) is 12.6. The van der Waals surface area contributed by atoms with E-state index in [1.165, 1.54) is 24.0 Å². The van der Waals surface area contributed by atoms with E-state index >= 15 is 0 Å². The Kier molecular flexibility index (Phi) is 3.91. The summed E-state index contributed by atoms with van der Waals surface area (Å²) in [4.78, 5) is 4.55. The lowest BCUT2D eigenvalue weighted by Gasteiger charge is -2.21. The molecule has 2 nitrogen and oxygen atoms in total. The molecule has 2 N–H and O–H groups in total. The minimum atomic E-state index is 0.118. The molecule has 2 unspecified atom stereocenters. The lowest BCUT2D eigenvalue weighted by Crippen LogP contribution is -2.23. The quantitative estimate of drug-likeness (QED) is 0.851. The first-order chi connectivity index (χ1) is 9.24. The summed E-state index contributed by atoms with van der Waals surface area (Å²) < 4.78 is 1.15. The number of fused-ring (bicyclic) bond motifs is 1. The van der Waals surface area contributed by atoms with E-state index in [9.17, 15) is 0 Å². The van der Waals surface area contributed by atoms with Crippen molar-refractivity contribution in [1.29, 1.82) is 0 Å². The highest BCUT2D eigenvalue weighted by Crippen LogP contribution is 2.38. The zero-order chi connectivity index (χ0) is 13.2. The third kappa shape index (κ3) is 2.86. The van der Waals surface area contributed by atoms with Gasteiger partial charge in [0.15, 0.2) is 0 Å². The average molecular weight is 290 g/mol. The molecule has 100 valence electrons. The van der Waals surface area contributed by atoms with Gasteiger partial charge in [-0.3, -0.25) is 0 Å². The van der Waals surface area contributed by atoms with Crippen LogP contribution in [0.5, 0.6) is 0 Å². The fourth-order valence-corrected chi connectivity index (χ4v) is 4.90. The fourth-order valence-electron chi connectivity index (χ4n) is 2.61. The Labute approximate surface area is 122 Å². The molecule has 1 aromatic heterocycles. The first kappa shape index (κ1) is 13.2. The van der Waals surface area contributed by atoms with Crippen molar-refractivity contribution in [2.75, 3.05) is 0 Å². The van der Waals surface area contributed by atoms with E-state index in [0.717, 1.165) is 16.5 Å². The topological polar surface area (TPSA) is 38.9 Å². The third-order valence-electron chi connectivity index (χ3n) is 3.60. The van der Waals surface area contributed by atoms with Gasteiger partial charge in [-0.1, -0.05) is 36.0 Å². The summed E-state index contributed by atoms with van der Waals surface area (Å²) in [6.07, 6.45) is 3.53. The minimum absolute atomic E-state index is 0.118. The highest BCUT2D eigenvalue weighted by molar-refractivity contribution is 8.01. The van der Waals surface area contributed by atoms with Crippen LogP contribution in [0.15, 0.2) is 34.0 Å². The lowest BCUT2D eigenvalue weighted by molar-refractivity contribution is 0.632. The Bertz CT molecular complexity index is 565. The van der Waals surface area contributed by atoms with Crippen LogP contribution in [0.25, 0.3) is 0 Å². The molecule has 0 fully saturated rings. The lowest BCUT2D eigenvalue weighted by atomic mass is 10.00. The molecule has 4 heteroatoms. The van der Waals surface area contributed by atoms with Crippen molar-refractivity contribution in [2.45, 2.75) is 41.8 Å². The molecule has 2 aromatic rings. The van der Waals surface area contributed by atoms with Crippen LogP contribution in [0.4, 0.5) is 0 Å². The summed E-state index contributed by atoms with van der Waals surface area (Å²) in [5, 5.41) is 2.55. The molecule has 19 heavy (non-hydrogen) atoms. The van der Waals surface area contributed by atoms with Crippen LogP contribution in [-0.4, -0.2) is 10.2 Å². The third-order valence-corrected chi connectivity index (χ3v) is 6.05. The summed E-state index contributed by atoms with van der Waals surface area (Å²) >= 11 is 3.58. The Morgan fingerprint density at radius 1 is 1.37 bits per heavy atom. The van der Waals surface area contributed by atoms with E-state index in [2.05, 4.69) is 34.6 Å². The van der Waals surface area contributed by atoms with E-state index in [0.29, 0.717) is 5.25 Å². The van der Waals surface area contributed by atoms with Gasteiger partial charge in [0.2, 0.25) is 0 Å². The monoisotopic (exact) mass is 290 g/mol. The van der Waals surface area contributed by atoms with E-state index in [-0.39, 0.29) is 6.04 Å². The van der Waals surface area contributed by atoms with E-state index < -0.39 is 0 Å². The molecule has 0 radical (unpaired) electrons. The smallest absolute Gasteiger partial charge is 0.150 e. The SMILES string of the molecule is Cc1csc(SC2CCCc3ccccc3C2N)n1. The summed E-state index contributed by atoms with van der Waals surface area (Å²) in [6.45, 7) is 2.04. The van der Waals surface area contributed by atoms with Gasteiger partial charge in [0.05, 0.1) is 0 Å². The summed E-state index contributed by atoms with van der Waals surface area (Å²) in [7, 11) is 0. The van der Waals surface area contributed by atoms with Crippen LogP contribution in [0.1, 0.15) is 35.7 Å². The molecule has 3 rings (SSSR count). The first-order valence-corrected chi connectivity index (χ1v) is 8.42. The van der Waals surface area contributed by atoms with E-state index in [1.807, 2.05) is 18.7 Å². The molecule has 0 saturated carbocycles. The van der Waals surface area contributed by atoms with Crippen LogP contribution in [0.3, 0.4) is 0 Å². The van der Waals surface area contributed by atoms with Crippen molar-refractivity contribution in [2.24, 2.45) is 5.73 Å². The summed E-state index contributed by atoms with van der Waals surface area (Å²) in [5.74, 6) is 0. The van der Waals surface area contributed by atoms with Crippen LogP contribution < -0.4 is 5.73 Å². The number of aromatic nitrogens is 1. The highest BCUT2D eigenvalue weighted by Gasteiger charge is 2.26. The van der Waals surface area contributed by atoms with E-state index in [4.69, 9.17) is 5.73 Å². The molecule has 1 aliphatic rings. The van der Waals surface area contributed by atoms with Crippen molar-refractivity contribution in [3.05, 3.63) is 46.5 Å². The second kappa shape index (κ2) is 5.65. The number of thiazole rings is 1. The molecule has 0 aliphatic heterocycles. The number of thioether (sulfide) groups is 1. The van der Waals surface area contributed by atoms with Crippen molar-refractivity contribution >= 4 is 23.1 Å². The number of benzene rings is 1. The van der Waals surface area contributed by atoms with Crippen molar-refractivity contribution in [1.82, 2.24) is 4.98 Å². The van der Waals surface area contributed by atoms with Crippen molar-refractivity contribution in [3.8, 4) is 0 Å². The maximum absolute atomic E-state index is 6.50. The van der Waals surface area contributed by atoms with Gasteiger partial charge >= 0.3 is 0 Å². The molecular weight excluding hydrogens is 272 g/mol. The number of hydrogen-bond donors (Lipinski definition) is 1. The number of rotatable bonds is 2. The van der Waals surface area contributed by atoms with Gasteiger partial charge in [-0.25, -0.2) is 4.98 Å². The second-order valence-electron chi connectivity index (χ2n) is 5.03. The fraction of sp³-hybridized carbons (Fsp3) is 0.400. The van der Waals surface area contributed by atoms with Gasteiger partial charge in [-0.2, -0.15) is 0 Å². The van der Waals surface area contributed by atoms with Gasteiger partial charge in [0, 0.05) is 22.4 Å². The number of nitrogens with zero attached hydrogens (tertiary/aromatic N) is 1. The van der Waals surface area contributed by atoms with Crippen molar-refractivity contribution in [3.63, 3.8) is 0 Å². The standard InChI is InChI=1S/C15H18N2S2/c1-10-9-18-15(17-10)19-13-8-4-6-11-5-2-3-7-12(11)14(13)16/h2-3,5,7,9,13-14H,4,6,8,16H2,1H3. The number of aryl methyl sites for hydroxylation is 2. The molecule has 2 atom stereocenters. The predicted molar refractivity (Wildman–Crippen MR) is 82.8 cm³/mol. The van der Waals surface area contributed by atoms with Crippen LogP contribution in [-0.2, 0) is 6.42 Å². The van der Waals surface area contributed by atoms with Crippen LogP contribution >= 0.6 is 23.1 Å². The molecule has 1 aliphatic carbocycles. The van der Waals surface area contributed by atoms with Gasteiger partial charge < -0.3 is 5.73 Å². The Hall–Kier alpha value is -0.840. The van der Waals surface area contributed by atoms with E-state index in [1.54, 1.807) is 11.3 Å². The number of hydrogen-bond acceptors (Lipinski definition) is 4. The van der Waals surface area contributed by atoms with Crippen molar-refractivity contribution < 1.29 is 0 Å².